The van der Waals surface area contributed by atoms with Gasteiger partial charge in [0, 0.05) is 0 Å². The van der Waals surface area contributed by atoms with Crippen LogP contribution in [0.5, 0.6) is 0 Å². The fraction of sp³-hybridized carbons (Fsp3) is 0.167. The van der Waals surface area contributed by atoms with E-state index in [2.05, 4.69) is 4.98 Å². The van der Waals surface area contributed by atoms with Crippen LogP contribution in [0.15, 0.2) is 18.2 Å². The number of pyridine rings is 1. The van der Waals surface area contributed by atoms with E-state index >= 15 is 0 Å². The first-order valence-electron chi connectivity index (χ1n) is 2.70. The molecule has 0 amide bonds. The Morgan fingerprint density at radius 2 is 1.91 bits per heavy atom. The Morgan fingerprint density at radius 1 is 1.27 bits per heavy atom. The van der Waals surface area contributed by atoms with Gasteiger partial charge in [-0.15, -0.1) is 0 Å². The van der Waals surface area contributed by atoms with Crippen molar-refractivity contribution in [2.24, 2.45) is 0 Å². The van der Waals surface area contributed by atoms with Crippen LogP contribution in [-0.4, -0.2) is 4.98 Å². The summed E-state index contributed by atoms with van der Waals surface area (Å²) in [6.45, 7) is 0. The molecule has 60 valence electrons. The second kappa shape index (κ2) is 3.13. The Morgan fingerprint density at radius 3 is 2.27 bits per heavy atom. The standard InChI is InChI=1S/C6H3Cl3FN/c7-6(8,9)4-2-1-3-5(10)11-4/h1-3H. The van der Waals surface area contributed by atoms with Gasteiger partial charge in [0.15, 0.2) is 0 Å². The first kappa shape index (κ1) is 9.04. The summed E-state index contributed by atoms with van der Waals surface area (Å²) in [6, 6.07) is 4.05. The lowest BCUT2D eigenvalue weighted by molar-refractivity contribution is 0.578. The summed E-state index contributed by atoms with van der Waals surface area (Å²) >= 11 is 16.3. The van der Waals surface area contributed by atoms with Gasteiger partial charge in [-0.05, 0) is 12.1 Å². The smallest absolute Gasteiger partial charge is 0.220 e. The summed E-state index contributed by atoms with van der Waals surface area (Å²) < 4.78 is 10.8. The first-order chi connectivity index (χ1) is 5.00. The van der Waals surface area contributed by atoms with E-state index in [4.69, 9.17) is 34.8 Å². The van der Waals surface area contributed by atoms with Crippen LogP contribution in [0.3, 0.4) is 0 Å². The molecule has 0 aliphatic carbocycles. The van der Waals surface area contributed by atoms with Crippen LogP contribution in [0.1, 0.15) is 5.69 Å². The Balaban J connectivity index is 3.06. The molecule has 1 aromatic heterocycles. The highest BCUT2D eigenvalue weighted by Crippen LogP contribution is 2.36. The number of aromatic nitrogens is 1. The SMILES string of the molecule is Fc1cccc(C(Cl)(Cl)Cl)n1. The van der Waals surface area contributed by atoms with Crippen molar-refractivity contribution in [2.75, 3.05) is 0 Å². The molecule has 0 saturated heterocycles. The zero-order valence-corrected chi connectivity index (χ0v) is 7.46. The van der Waals surface area contributed by atoms with E-state index in [1.165, 1.54) is 18.2 Å². The number of nitrogens with zero attached hydrogens (tertiary/aromatic N) is 1. The van der Waals surface area contributed by atoms with Gasteiger partial charge < -0.3 is 0 Å². The minimum absolute atomic E-state index is 0.0856. The molecule has 0 unspecified atom stereocenters. The summed E-state index contributed by atoms with van der Waals surface area (Å²) in [4.78, 5) is 3.38. The summed E-state index contributed by atoms with van der Waals surface area (Å²) in [7, 11) is 0. The maximum atomic E-state index is 12.4. The first-order valence-corrected chi connectivity index (χ1v) is 3.83. The second-order valence-electron chi connectivity index (χ2n) is 1.84. The second-order valence-corrected chi connectivity index (χ2v) is 4.12. The number of rotatable bonds is 0. The van der Waals surface area contributed by atoms with Crippen molar-refractivity contribution in [3.63, 3.8) is 0 Å². The molecule has 1 nitrogen and oxygen atoms in total. The monoisotopic (exact) mass is 213 g/mol. The lowest BCUT2D eigenvalue weighted by atomic mass is 10.4. The van der Waals surface area contributed by atoms with Crippen LogP contribution < -0.4 is 0 Å². The Kier molecular flexibility index (Phi) is 2.58. The molecule has 0 aliphatic rings. The fourth-order valence-electron chi connectivity index (χ4n) is 0.566. The van der Waals surface area contributed by atoms with Crippen molar-refractivity contribution in [3.05, 3.63) is 29.8 Å². The molecule has 0 atom stereocenters. The third-order valence-corrected chi connectivity index (χ3v) is 1.59. The third-order valence-electron chi connectivity index (χ3n) is 1.01. The van der Waals surface area contributed by atoms with Gasteiger partial charge >= 0.3 is 0 Å². The van der Waals surface area contributed by atoms with E-state index in [9.17, 15) is 4.39 Å². The van der Waals surface area contributed by atoms with E-state index in [0.29, 0.717) is 0 Å². The lowest BCUT2D eigenvalue weighted by Gasteiger charge is -2.08. The van der Waals surface area contributed by atoms with Gasteiger partial charge in [-0.3, -0.25) is 0 Å². The topological polar surface area (TPSA) is 12.9 Å². The quantitative estimate of drug-likeness (QED) is 0.478. The maximum Gasteiger partial charge on any atom is 0.232 e. The molecular formula is C6H3Cl3FN. The van der Waals surface area contributed by atoms with Crippen LogP contribution in [0.4, 0.5) is 4.39 Å². The van der Waals surface area contributed by atoms with Crippen molar-refractivity contribution in [1.29, 1.82) is 0 Å². The summed E-state index contributed by atoms with van der Waals surface area (Å²) in [6.07, 6.45) is 0. The molecule has 1 aromatic rings. The van der Waals surface area contributed by atoms with Crippen molar-refractivity contribution >= 4 is 34.8 Å². The minimum atomic E-state index is -1.65. The molecule has 0 aromatic carbocycles. The van der Waals surface area contributed by atoms with Gasteiger partial charge in [0.1, 0.15) is 0 Å². The van der Waals surface area contributed by atoms with E-state index in [-0.39, 0.29) is 5.69 Å². The minimum Gasteiger partial charge on any atom is -0.220 e. The predicted molar refractivity (Wildman–Crippen MR) is 43.4 cm³/mol. The molecule has 0 fully saturated rings. The Labute approximate surface area is 78.1 Å². The lowest BCUT2D eigenvalue weighted by Crippen LogP contribution is -2.03. The normalized spacial score (nSPS) is 11.6. The van der Waals surface area contributed by atoms with E-state index < -0.39 is 9.74 Å². The number of hydrogen-bond donors (Lipinski definition) is 0. The molecule has 0 aliphatic heterocycles. The van der Waals surface area contributed by atoms with Gasteiger partial charge in [0.25, 0.3) is 0 Å². The van der Waals surface area contributed by atoms with Crippen LogP contribution in [-0.2, 0) is 3.79 Å². The molecule has 0 radical (unpaired) electrons. The number of alkyl halides is 3. The van der Waals surface area contributed by atoms with Crippen LogP contribution in [0, 0.1) is 5.95 Å². The molecule has 0 saturated carbocycles. The highest BCUT2D eigenvalue weighted by Gasteiger charge is 2.24. The third kappa shape index (κ3) is 2.47. The fourth-order valence-corrected chi connectivity index (χ4v) is 0.882. The predicted octanol–water partition coefficient (Wildman–Crippen LogP) is 3.05. The molecule has 0 N–H and O–H groups in total. The highest BCUT2D eigenvalue weighted by molar-refractivity contribution is 6.66. The van der Waals surface area contributed by atoms with Gasteiger partial charge in [0.05, 0.1) is 5.69 Å². The molecule has 11 heavy (non-hydrogen) atoms. The van der Waals surface area contributed by atoms with Gasteiger partial charge in [-0.1, -0.05) is 40.9 Å². The molecule has 1 heterocycles. The van der Waals surface area contributed by atoms with Crippen LogP contribution in [0.2, 0.25) is 0 Å². The summed E-state index contributed by atoms with van der Waals surface area (Å²) in [5, 5.41) is 0. The summed E-state index contributed by atoms with van der Waals surface area (Å²) in [5.74, 6) is -0.658. The molecule has 5 heteroatoms. The van der Waals surface area contributed by atoms with Gasteiger partial charge in [-0.2, -0.15) is 4.39 Å². The van der Waals surface area contributed by atoms with E-state index in [1.807, 2.05) is 0 Å². The molecular weight excluding hydrogens is 211 g/mol. The maximum absolute atomic E-state index is 12.4. The van der Waals surface area contributed by atoms with Crippen molar-refractivity contribution in [3.8, 4) is 0 Å². The molecule has 0 bridgehead atoms. The average molecular weight is 214 g/mol. The zero-order chi connectivity index (χ0) is 8.48. The van der Waals surface area contributed by atoms with Crippen molar-refractivity contribution < 1.29 is 4.39 Å². The molecule has 1 rings (SSSR count). The van der Waals surface area contributed by atoms with Crippen molar-refractivity contribution in [1.82, 2.24) is 4.98 Å². The van der Waals surface area contributed by atoms with Crippen molar-refractivity contribution in [2.45, 2.75) is 3.79 Å². The largest absolute Gasteiger partial charge is 0.232 e. The number of halogens is 4. The van der Waals surface area contributed by atoms with Crippen LogP contribution >= 0.6 is 34.8 Å². The van der Waals surface area contributed by atoms with Gasteiger partial charge in [0.2, 0.25) is 9.74 Å². The Hall–Kier alpha value is -0.0500. The highest BCUT2D eigenvalue weighted by atomic mass is 35.6. The average Bonchev–Trinajstić information content (AvgIpc) is 1.86. The summed E-state index contributed by atoms with van der Waals surface area (Å²) in [5.41, 5.74) is 0.0856. The molecule has 0 spiro atoms. The Bertz CT molecular complexity index is 258. The van der Waals surface area contributed by atoms with E-state index in [0.717, 1.165) is 0 Å². The van der Waals surface area contributed by atoms with Crippen LogP contribution in [0.25, 0.3) is 0 Å². The van der Waals surface area contributed by atoms with Gasteiger partial charge in [-0.25, -0.2) is 4.98 Å². The number of hydrogen-bond acceptors (Lipinski definition) is 1. The van der Waals surface area contributed by atoms with E-state index in [1.54, 1.807) is 0 Å². The zero-order valence-electron chi connectivity index (χ0n) is 5.19.